The van der Waals surface area contributed by atoms with E-state index < -0.39 is 0 Å². The standard InChI is InChI=1S/C18H30O2S/c1-17(2)7-4-3-5-15(17)16(19)14-6-10-20-18(13-14)8-11-21-12-9-18/h14-15H,3-13H2,1-2H3. The number of rotatable bonds is 2. The Morgan fingerprint density at radius 1 is 1.10 bits per heavy atom. The Labute approximate surface area is 133 Å². The molecular weight excluding hydrogens is 280 g/mol. The van der Waals surface area contributed by atoms with Gasteiger partial charge in [0.05, 0.1) is 5.60 Å². The normalized spacial score (nSPS) is 35.5. The fourth-order valence-corrected chi connectivity index (χ4v) is 5.91. The lowest BCUT2D eigenvalue weighted by atomic mass is 9.64. The molecule has 2 atom stereocenters. The molecule has 3 rings (SSSR count). The van der Waals surface area contributed by atoms with Crippen LogP contribution < -0.4 is 0 Å². The molecule has 0 aromatic heterocycles. The first kappa shape index (κ1) is 15.9. The quantitative estimate of drug-likeness (QED) is 0.753. The second kappa shape index (κ2) is 6.23. The summed E-state index contributed by atoms with van der Waals surface area (Å²) in [6.45, 7) is 5.41. The smallest absolute Gasteiger partial charge is 0.139 e. The Morgan fingerprint density at radius 2 is 1.86 bits per heavy atom. The summed E-state index contributed by atoms with van der Waals surface area (Å²) in [5.41, 5.74) is 0.256. The van der Waals surface area contributed by atoms with Crippen molar-refractivity contribution < 1.29 is 9.53 Å². The zero-order valence-corrected chi connectivity index (χ0v) is 14.5. The molecule has 0 amide bonds. The minimum absolute atomic E-state index is 0.0443. The zero-order chi connectivity index (χ0) is 14.9. The number of carbonyl (C=O) groups is 1. The van der Waals surface area contributed by atoms with E-state index >= 15 is 0 Å². The second-order valence-corrected chi connectivity index (χ2v) is 9.25. The highest BCUT2D eigenvalue weighted by Gasteiger charge is 2.45. The lowest BCUT2D eigenvalue weighted by Gasteiger charge is -2.45. The summed E-state index contributed by atoms with van der Waals surface area (Å²) in [6.07, 6.45) is 9.13. The molecule has 120 valence electrons. The van der Waals surface area contributed by atoms with Gasteiger partial charge in [0.2, 0.25) is 0 Å². The van der Waals surface area contributed by atoms with Crippen molar-refractivity contribution in [2.24, 2.45) is 17.3 Å². The molecule has 1 aliphatic carbocycles. The minimum Gasteiger partial charge on any atom is -0.375 e. The van der Waals surface area contributed by atoms with Gasteiger partial charge < -0.3 is 4.74 Å². The molecule has 3 heteroatoms. The summed E-state index contributed by atoms with van der Waals surface area (Å²) < 4.78 is 6.16. The molecule has 3 aliphatic rings. The maximum atomic E-state index is 13.1. The Kier molecular flexibility index (Phi) is 4.71. The van der Waals surface area contributed by atoms with Gasteiger partial charge in [0.25, 0.3) is 0 Å². The molecule has 3 fully saturated rings. The number of carbonyl (C=O) groups excluding carboxylic acids is 1. The summed E-state index contributed by atoms with van der Waals surface area (Å²) >= 11 is 2.04. The van der Waals surface area contributed by atoms with Gasteiger partial charge in [-0.1, -0.05) is 26.7 Å². The van der Waals surface area contributed by atoms with Crippen LogP contribution in [0.5, 0.6) is 0 Å². The van der Waals surface area contributed by atoms with Gasteiger partial charge in [0.15, 0.2) is 0 Å². The summed E-state index contributed by atoms with van der Waals surface area (Å²) in [5, 5.41) is 0. The van der Waals surface area contributed by atoms with E-state index in [9.17, 15) is 4.79 Å². The van der Waals surface area contributed by atoms with Gasteiger partial charge in [-0.25, -0.2) is 0 Å². The number of hydrogen-bond acceptors (Lipinski definition) is 3. The number of ether oxygens (including phenoxy) is 1. The Balaban J connectivity index is 1.69. The van der Waals surface area contributed by atoms with E-state index in [2.05, 4.69) is 13.8 Å². The van der Waals surface area contributed by atoms with Gasteiger partial charge >= 0.3 is 0 Å². The van der Waals surface area contributed by atoms with E-state index in [1.165, 1.54) is 30.8 Å². The molecule has 0 N–H and O–H groups in total. The van der Waals surface area contributed by atoms with E-state index in [4.69, 9.17) is 4.74 Å². The largest absolute Gasteiger partial charge is 0.375 e. The molecule has 2 saturated heterocycles. The highest BCUT2D eigenvalue weighted by Crippen LogP contribution is 2.46. The molecular formula is C18H30O2S. The van der Waals surface area contributed by atoms with Crippen LogP contribution in [0, 0.1) is 17.3 Å². The number of ketones is 1. The number of thioether (sulfide) groups is 1. The van der Waals surface area contributed by atoms with Crippen LogP contribution in [0.1, 0.15) is 65.2 Å². The van der Waals surface area contributed by atoms with Crippen LogP contribution in [-0.4, -0.2) is 29.5 Å². The monoisotopic (exact) mass is 310 g/mol. The fraction of sp³-hybridized carbons (Fsp3) is 0.944. The van der Waals surface area contributed by atoms with Crippen LogP contribution >= 0.6 is 11.8 Å². The molecule has 2 nitrogen and oxygen atoms in total. The van der Waals surface area contributed by atoms with E-state index in [1.54, 1.807) is 0 Å². The first-order valence-corrected chi connectivity index (χ1v) is 9.93. The van der Waals surface area contributed by atoms with Crippen molar-refractivity contribution >= 4 is 17.5 Å². The molecule has 21 heavy (non-hydrogen) atoms. The van der Waals surface area contributed by atoms with Crippen molar-refractivity contribution in [3.05, 3.63) is 0 Å². The third-order valence-electron chi connectivity index (χ3n) is 6.15. The lowest BCUT2D eigenvalue weighted by molar-refractivity contribution is -0.146. The predicted octanol–water partition coefficient (Wildman–Crippen LogP) is 4.46. The summed E-state index contributed by atoms with van der Waals surface area (Å²) in [6, 6.07) is 0. The molecule has 0 bridgehead atoms. The van der Waals surface area contributed by atoms with Crippen LogP contribution in [0.15, 0.2) is 0 Å². The van der Waals surface area contributed by atoms with Gasteiger partial charge in [0, 0.05) is 18.4 Å². The highest BCUT2D eigenvalue weighted by atomic mass is 32.2. The summed E-state index contributed by atoms with van der Waals surface area (Å²) in [7, 11) is 0. The van der Waals surface area contributed by atoms with Gasteiger partial charge in [-0.05, 0) is 55.4 Å². The summed E-state index contributed by atoms with van der Waals surface area (Å²) in [4.78, 5) is 13.1. The van der Waals surface area contributed by atoms with Crippen molar-refractivity contribution in [3.63, 3.8) is 0 Å². The Bertz CT molecular complexity index is 379. The molecule has 1 saturated carbocycles. The molecule has 0 radical (unpaired) electrons. The van der Waals surface area contributed by atoms with Crippen molar-refractivity contribution in [1.82, 2.24) is 0 Å². The van der Waals surface area contributed by atoms with Gasteiger partial charge in [0.1, 0.15) is 5.78 Å². The minimum atomic E-state index is 0.0443. The van der Waals surface area contributed by atoms with Crippen molar-refractivity contribution in [1.29, 1.82) is 0 Å². The number of hydrogen-bond donors (Lipinski definition) is 0. The first-order chi connectivity index (χ1) is 10.0. The topological polar surface area (TPSA) is 26.3 Å². The predicted molar refractivity (Wildman–Crippen MR) is 88.7 cm³/mol. The fourth-order valence-electron chi connectivity index (χ4n) is 4.67. The third kappa shape index (κ3) is 3.34. The first-order valence-electron chi connectivity index (χ1n) is 8.78. The molecule has 0 aromatic carbocycles. The zero-order valence-electron chi connectivity index (χ0n) is 13.7. The van der Waals surface area contributed by atoms with Gasteiger partial charge in [-0.15, -0.1) is 0 Å². The van der Waals surface area contributed by atoms with Crippen molar-refractivity contribution in [3.8, 4) is 0 Å². The van der Waals surface area contributed by atoms with E-state index in [1.807, 2.05) is 11.8 Å². The molecule has 2 unspecified atom stereocenters. The highest BCUT2D eigenvalue weighted by molar-refractivity contribution is 7.99. The van der Waals surface area contributed by atoms with Crippen LogP contribution in [0.2, 0.25) is 0 Å². The average Bonchev–Trinajstić information content (AvgIpc) is 2.47. The second-order valence-electron chi connectivity index (χ2n) is 8.02. The van der Waals surface area contributed by atoms with Gasteiger partial charge in [-0.3, -0.25) is 4.79 Å². The average molecular weight is 311 g/mol. The van der Waals surface area contributed by atoms with Crippen LogP contribution in [0.3, 0.4) is 0 Å². The Hall–Kier alpha value is -0.0200. The lowest BCUT2D eigenvalue weighted by Crippen LogP contribution is -2.47. The molecule has 0 aromatic rings. The summed E-state index contributed by atoms with van der Waals surface area (Å²) in [5.74, 6) is 3.54. The molecule has 2 heterocycles. The van der Waals surface area contributed by atoms with Crippen LogP contribution in [0.4, 0.5) is 0 Å². The van der Waals surface area contributed by atoms with Gasteiger partial charge in [-0.2, -0.15) is 11.8 Å². The molecule has 1 spiro atoms. The Morgan fingerprint density at radius 3 is 2.57 bits per heavy atom. The SMILES string of the molecule is CC1(C)CCCCC1C(=O)C1CCOC2(CCSCC2)C1. The van der Waals surface area contributed by atoms with E-state index in [0.717, 1.165) is 38.7 Å². The van der Waals surface area contributed by atoms with Crippen molar-refractivity contribution in [2.75, 3.05) is 18.1 Å². The number of Topliss-reactive ketones (excluding diaryl/α,β-unsaturated/α-hetero) is 1. The maximum absolute atomic E-state index is 13.1. The van der Waals surface area contributed by atoms with Crippen LogP contribution in [0.25, 0.3) is 0 Å². The maximum Gasteiger partial charge on any atom is 0.139 e. The molecule has 2 aliphatic heterocycles. The van der Waals surface area contributed by atoms with E-state index in [0.29, 0.717) is 11.7 Å². The van der Waals surface area contributed by atoms with Crippen molar-refractivity contribution in [2.45, 2.75) is 70.8 Å². The van der Waals surface area contributed by atoms with E-state index in [-0.39, 0.29) is 16.9 Å². The van der Waals surface area contributed by atoms with Crippen LogP contribution in [-0.2, 0) is 9.53 Å². The third-order valence-corrected chi connectivity index (χ3v) is 7.14.